The molecule has 0 radical (unpaired) electrons. The summed E-state index contributed by atoms with van der Waals surface area (Å²) in [6.45, 7) is 0. The fourth-order valence-electron chi connectivity index (χ4n) is 1.83. The van der Waals surface area contributed by atoms with Crippen molar-refractivity contribution in [1.29, 1.82) is 0 Å². The second kappa shape index (κ2) is 3.41. The molecule has 3 rings (SSSR count). The lowest BCUT2D eigenvalue weighted by molar-refractivity contribution is 0.102. The van der Waals surface area contributed by atoms with Crippen molar-refractivity contribution < 1.29 is 4.79 Å². The number of aromatic nitrogens is 2. The highest BCUT2D eigenvalue weighted by Crippen LogP contribution is 2.22. The van der Waals surface area contributed by atoms with E-state index in [0.717, 1.165) is 17.1 Å². The van der Waals surface area contributed by atoms with Crippen molar-refractivity contribution in [3.63, 3.8) is 0 Å². The van der Waals surface area contributed by atoms with Crippen LogP contribution in [0.1, 0.15) is 21.7 Å². The number of pyridine rings is 2. The number of carbonyl (C=O) groups excluding carboxylic acids is 1. The van der Waals surface area contributed by atoms with Crippen molar-refractivity contribution in [1.82, 2.24) is 9.97 Å². The van der Waals surface area contributed by atoms with E-state index in [-0.39, 0.29) is 5.91 Å². The normalized spacial score (nSPS) is 13.4. The van der Waals surface area contributed by atoms with E-state index in [1.54, 1.807) is 24.5 Å². The third kappa shape index (κ3) is 1.35. The lowest BCUT2D eigenvalue weighted by Gasteiger charge is -2.03. The van der Waals surface area contributed by atoms with E-state index in [1.807, 2.05) is 12.1 Å². The van der Waals surface area contributed by atoms with Crippen molar-refractivity contribution in [2.24, 2.45) is 0 Å². The van der Waals surface area contributed by atoms with E-state index in [9.17, 15) is 4.79 Å². The van der Waals surface area contributed by atoms with E-state index in [1.165, 1.54) is 0 Å². The number of nitrogens with zero attached hydrogens (tertiary/aromatic N) is 2. The molecule has 0 saturated carbocycles. The second-order valence-electron chi connectivity index (χ2n) is 3.63. The van der Waals surface area contributed by atoms with Gasteiger partial charge in [0.1, 0.15) is 0 Å². The van der Waals surface area contributed by atoms with Gasteiger partial charge in [0, 0.05) is 18.8 Å². The van der Waals surface area contributed by atoms with E-state index in [2.05, 4.69) is 15.3 Å². The van der Waals surface area contributed by atoms with Gasteiger partial charge in [-0.3, -0.25) is 14.8 Å². The van der Waals surface area contributed by atoms with Crippen LogP contribution in [0.3, 0.4) is 0 Å². The zero-order chi connectivity index (χ0) is 11.0. The van der Waals surface area contributed by atoms with Crippen LogP contribution in [0.4, 0.5) is 5.69 Å². The third-order valence-electron chi connectivity index (χ3n) is 2.61. The van der Waals surface area contributed by atoms with Crippen molar-refractivity contribution in [2.75, 3.05) is 5.32 Å². The quantitative estimate of drug-likeness (QED) is 0.720. The second-order valence-corrected chi connectivity index (χ2v) is 3.63. The summed E-state index contributed by atoms with van der Waals surface area (Å²) in [5, 5.41) is 2.84. The predicted molar refractivity (Wildman–Crippen MR) is 59.2 cm³/mol. The van der Waals surface area contributed by atoms with Crippen LogP contribution < -0.4 is 5.32 Å². The van der Waals surface area contributed by atoms with Gasteiger partial charge < -0.3 is 5.32 Å². The average molecular weight is 211 g/mol. The topological polar surface area (TPSA) is 54.9 Å². The number of anilines is 1. The molecule has 2 aromatic heterocycles. The summed E-state index contributed by atoms with van der Waals surface area (Å²) >= 11 is 0. The zero-order valence-corrected chi connectivity index (χ0v) is 8.47. The van der Waals surface area contributed by atoms with E-state index >= 15 is 0 Å². The predicted octanol–water partition coefficient (Wildman–Crippen LogP) is 1.63. The number of carbonyl (C=O) groups is 1. The molecule has 1 aliphatic heterocycles. The molecule has 0 fully saturated rings. The smallest absolute Gasteiger partial charge is 0.257 e. The maximum atomic E-state index is 11.9. The minimum atomic E-state index is -0.116. The van der Waals surface area contributed by atoms with Crippen LogP contribution in [0.2, 0.25) is 0 Å². The molecule has 0 spiro atoms. The molecule has 4 heteroatoms. The summed E-state index contributed by atoms with van der Waals surface area (Å²) in [4.78, 5) is 20.4. The first-order valence-electron chi connectivity index (χ1n) is 5.04. The summed E-state index contributed by atoms with van der Waals surface area (Å²) in [6, 6.07) is 7.21. The fraction of sp³-hybridized carbons (Fsp3) is 0.0833. The lowest BCUT2D eigenvalue weighted by atomic mass is 10.1. The minimum Gasteiger partial charge on any atom is -0.320 e. The molecule has 0 bridgehead atoms. The summed E-state index contributed by atoms with van der Waals surface area (Å²) in [5.41, 5.74) is 3.02. The monoisotopic (exact) mass is 211 g/mol. The van der Waals surface area contributed by atoms with Crippen LogP contribution in [-0.4, -0.2) is 15.9 Å². The van der Waals surface area contributed by atoms with Crippen LogP contribution >= 0.6 is 0 Å². The maximum absolute atomic E-state index is 11.9. The van der Waals surface area contributed by atoms with Crippen molar-refractivity contribution in [3.05, 3.63) is 53.6 Å². The molecular weight excluding hydrogens is 202 g/mol. The van der Waals surface area contributed by atoms with Crippen molar-refractivity contribution in [3.8, 4) is 0 Å². The van der Waals surface area contributed by atoms with Crippen LogP contribution in [-0.2, 0) is 6.42 Å². The molecule has 16 heavy (non-hydrogen) atoms. The molecule has 0 aromatic carbocycles. The van der Waals surface area contributed by atoms with Gasteiger partial charge in [-0.05, 0) is 24.3 Å². The Balaban J connectivity index is 2.18. The van der Waals surface area contributed by atoms with Gasteiger partial charge in [-0.15, -0.1) is 0 Å². The molecule has 0 unspecified atom stereocenters. The molecule has 78 valence electrons. The first-order valence-corrected chi connectivity index (χ1v) is 5.04. The number of amides is 1. The number of fused-ring (bicyclic) bond motifs is 2. The van der Waals surface area contributed by atoms with Gasteiger partial charge in [0.25, 0.3) is 5.91 Å². The third-order valence-corrected chi connectivity index (χ3v) is 2.61. The molecule has 3 heterocycles. The van der Waals surface area contributed by atoms with Gasteiger partial charge in [-0.2, -0.15) is 0 Å². The molecular formula is C12H9N3O. The molecule has 1 N–H and O–H groups in total. The first-order chi connectivity index (χ1) is 7.84. The van der Waals surface area contributed by atoms with Crippen molar-refractivity contribution in [2.45, 2.75) is 6.42 Å². The Morgan fingerprint density at radius 3 is 2.69 bits per heavy atom. The molecule has 2 aromatic rings. The Morgan fingerprint density at radius 1 is 1.06 bits per heavy atom. The highest BCUT2D eigenvalue weighted by Gasteiger charge is 2.19. The van der Waals surface area contributed by atoms with E-state index < -0.39 is 0 Å². The SMILES string of the molecule is O=C1Nc2cccnc2Cc2ncccc21. The summed E-state index contributed by atoms with van der Waals surface area (Å²) in [7, 11) is 0. The largest absolute Gasteiger partial charge is 0.320 e. The number of hydrogen-bond donors (Lipinski definition) is 1. The molecule has 0 atom stereocenters. The van der Waals surface area contributed by atoms with Crippen LogP contribution in [0.5, 0.6) is 0 Å². The van der Waals surface area contributed by atoms with Crippen LogP contribution in [0.25, 0.3) is 0 Å². The highest BCUT2D eigenvalue weighted by atomic mass is 16.1. The lowest BCUT2D eigenvalue weighted by Crippen LogP contribution is -2.12. The Hall–Kier alpha value is -2.23. The maximum Gasteiger partial charge on any atom is 0.257 e. The average Bonchev–Trinajstić information content (AvgIpc) is 2.45. The first kappa shape index (κ1) is 9.03. The fourth-order valence-corrected chi connectivity index (χ4v) is 1.83. The Morgan fingerprint density at radius 2 is 1.81 bits per heavy atom. The number of rotatable bonds is 0. The molecule has 1 aliphatic rings. The summed E-state index contributed by atoms with van der Waals surface area (Å²) < 4.78 is 0. The van der Waals surface area contributed by atoms with Gasteiger partial charge in [0.15, 0.2) is 0 Å². The minimum absolute atomic E-state index is 0.116. The molecule has 1 amide bonds. The molecule has 4 nitrogen and oxygen atoms in total. The Bertz CT molecular complexity index is 566. The number of hydrogen-bond acceptors (Lipinski definition) is 3. The highest BCUT2D eigenvalue weighted by molar-refractivity contribution is 6.06. The Kier molecular flexibility index (Phi) is 1.93. The molecule has 0 aliphatic carbocycles. The van der Waals surface area contributed by atoms with Gasteiger partial charge in [0.05, 0.1) is 22.6 Å². The van der Waals surface area contributed by atoms with E-state index in [4.69, 9.17) is 0 Å². The Labute approximate surface area is 92.4 Å². The molecule has 0 saturated heterocycles. The van der Waals surface area contributed by atoms with Crippen LogP contribution in [0.15, 0.2) is 36.7 Å². The summed E-state index contributed by atoms with van der Waals surface area (Å²) in [6.07, 6.45) is 4.00. The van der Waals surface area contributed by atoms with Crippen molar-refractivity contribution >= 4 is 11.6 Å². The van der Waals surface area contributed by atoms with Gasteiger partial charge in [0.2, 0.25) is 0 Å². The van der Waals surface area contributed by atoms with Gasteiger partial charge in [-0.25, -0.2) is 0 Å². The summed E-state index contributed by atoms with van der Waals surface area (Å²) in [5.74, 6) is -0.116. The van der Waals surface area contributed by atoms with E-state index in [0.29, 0.717) is 12.0 Å². The standard InChI is InChI=1S/C12H9N3O/c16-12-8-3-1-5-13-10(8)7-11-9(15-12)4-2-6-14-11/h1-6H,7H2,(H,15,16). The van der Waals surface area contributed by atoms with Gasteiger partial charge in [-0.1, -0.05) is 0 Å². The van der Waals surface area contributed by atoms with Gasteiger partial charge >= 0.3 is 0 Å². The number of nitrogens with one attached hydrogen (secondary N) is 1. The zero-order valence-electron chi connectivity index (χ0n) is 8.47. The van der Waals surface area contributed by atoms with Crippen LogP contribution in [0, 0.1) is 0 Å².